The van der Waals surface area contributed by atoms with Gasteiger partial charge < -0.3 is 14.8 Å². The number of hydrogen-bond acceptors (Lipinski definition) is 4. The average molecular weight is 484 g/mol. The number of ether oxygens (including phenoxy) is 2. The molecule has 0 aliphatic rings. The quantitative estimate of drug-likeness (QED) is 0.110. The fourth-order valence-corrected chi connectivity index (χ4v) is 4.18. The SMILES string of the molecule is CCCCCCCCCCCCCCCCOC(=O)CC(C)NC(=O)OCC(CC)CCCC. The maximum absolute atomic E-state index is 12.0. The van der Waals surface area contributed by atoms with Crippen LogP contribution in [-0.2, 0) is 14.3 Å². The van der Waals surface area contributed by atoms with Crippen LogP contribution in [0.2, 0.25) is 0 Å². The van der Waals surface area contributed by atoms with Gasteiger partial charge in [-0.15, -0.1) is 0 Å². The lowest BCUT2D eigenvalue weighted by atomic mass is 10.0. The van der Waals surface area contributed by atoms with Gasteiger partial charge in [0.2, 0.25) is 0 Å². The summed E-state index contributed by atoms with van der Waals surface area (Å²) in [5, 5.41) is 2.74. The Labute approximate surface area is 211 Å². The summed E-state index contributed by atoms with van der Waals surface area (Å²) in [4.78, 5) is 23.9. The monoisotopic (exact) mass is 483 g/mol. The van der Waals surface area contributed by atoms with Gasteiger partial charge in [0.25, 0.3) is 0 Å². The zero-order valence-electron chi connectivity index (χ0n) is 23.1. The Morgan fingerprint density at radius 3 is 1.68 bits per heavy atom. The van der Waals surface area contributed by atoms with Crippen LogP contribution >= 0.6 is 0 Å². The van der Waals surface area contributed by atoms with E-state index in [1.165, 1.54) is 77.0 Å². The van der Waals surface area contributed by atoms with Gasteiger partial charge in [0.05, 0.1) is 19.6 Å². The summed E-state index contributed by atoms with van der Waals surface area (Å²) in [6, 6.07) is -0.285. The van der Waals surface area contributed by atoms with Crippen molar-refractivity contribution in [1.29, 1.82) is 0 Å². The van der Waals surface area contributed by atoms with Gasteiger partial charge in [-0.3, -0.25) is 4.79 Å². The number of rotatable bonds is 24. The van der Waals surface area contributed by atoms with Crippen molar-refractivity contribution in [3.05, 3.63) is 0 Å². The average Bonchev–Trinajstić information content (AvgIpc) is 2.81. The summed E-state index contributed by atoms with van der Waals surface area (Å²) in [6.07, 6.45) is 22.5. The van der Waals surface area contributed by atoms with E-state index >= 15 is 0 Å². The summed E-state index contributed by atoms with van der Waals surface area (Å²) in [6.45, 7) is 9.29. The van der Waals surface area contributed by atoms with Crippen LogP contribution in [0.3, 0.4) is 0 Å². The maximum Gasteiger partial charge on any atom is 0.407 e. The molecule has 0 bridgehead atoms. The van der Waals surface area contributed by atoms with E-state index in [1.54, 1.807) is 0 Å². The molecule has 5 nitrogen and oxygen atoms in total. The predicted molar refractivity (Wildman–Crippen MR) is 143 cm³/mol. The van der Waals surface area contributed by atoms with Crippen LogP contribution < -0.4 is 5.32 Å². The number of alkyl carbamates (subject to hydrolysis) is 1. The summed E-state index contributed by atoms with van der Waals surface area (Å²) in [5.74, 6) is 0.160. The molecule has 2 atom stereocenters. The number of esters is 1. The van der Waals surface area contributed by atoms with Gasteiger partial charge in [-0.05, 0) is 25.7 Å². The molecule has 5 heteroatoms. The van der Waals surface area contributed by atoms with E-state index in [-0.39, 0.29) is 18.4 Å². The first-order valence-corrected chi connectivity index (χ1v) is 14.6. The zero-order valence-corrected chi connectivity index (χ0v) is 23.1. The number of unbranched alkanes of at least 4 members (excludes halogenated alkanes) is 14. The standard InChI is InChI=1S/C29H57NO4/c1-5-8-10-11-12-13-14-15-16-17-18-19-20-21-23-33-28(31)24-26(4)30-29(32)34-25-27(7-3)22-9-6-2/h26-27H,5-25H2,1-4H3,(H,30,32). The van der Waals surface area contributed by atoms with Crippen molar-refractivity contribution in [2.45, 2.75) is 156 Å². The van der Waals surface area contributed by atoms with Gasteiger partial charge in [-0.2, -0.15) is 0 Å². The molecule has 0 aromatic rings. The van der Waals surface area contributed by atoms with Crippen LogP contribution in [-0.4, -0.2) is 31.3 Å². The number of nitrogens with one attached hydrogen (secondary N) is 1. The first-order chi connectivity index (χ1) is 16.5. The van der Waals surface area contributed by atoms with E-state index in [0.29, 0.717) is 19.1 Å². The lowest BCUT2D eigenvalue weighted by Crippen LogP contribution is -2.35. The molecule has 0 spiro atoms. The molecule has 34 heavy (non-hydrogen) atoms. The Balaban J connectivity index is 3.53. The van der Waals surface area contributed by atoms with Crippen molar-refractivity contribution < 1.29 is 19.1 Å². The maximum atomic E-state index is 12.0. The molecular weight excluding hydrogens is 426 g/mol. The minimum atomic E-state index is -0.442. The van der Waals surface area contributed by atoms with Crippen LogP contribution in [0.15, 0.2) is 0 Å². The predicted octanol–water partition coefficient (Wildman–Crippen LogP) is 8.73. The second-order valence-corrected chi connectivity index (χ2v) is 10.1. The molecular formula is C29H57NO4. The van der Waals surface area contributed by atoms with Gasteiger partial charge in [0.15, 0.2) is 0 Å². The van der Waals surface area contributed by atoms with Crippen molar-refractivity contribution in [1.82, 2.24) is 5.32 Å². The summed E-state index contributed by atoms with van der Waals surface area (Å²) < 4.78 is 10.7. The van der Waals surface area contributed by atoms with Gasteiger partial charge in [0, 0.05) is 6.04 Å². The molecule has 0 aliphatic carbocycles. The Kier molecular flexibility index (Phi) is 23.9. The number of hydrogen-bond donors (Lipinski definition) is 1. The summed E-state index contributed by atoms with van der Waals surface area (Å²) in [5.41, 5.74) is 0. The van der Waals surface area contributed by atoms with Crippen molar-refractivity contribution in [3.63, 3.8) is 0 Å². The number of carbonyl (C=O) groups is 2. The number of amides is 1. The van der Waals surface area contributed by atoms with Crippen LogP contribution in [0.4, 0.5) is 4.79 Å². The second kappa shape index (κ2) is 24.9. The zero-order chi connectivity index (χ0) is 25.3. The highest BCUT2D eigenvalue weighted by Gasteiger charge is 2.15. The minimum Gasteiger partial charge on any atom is -0.466 e. The van der Waals surface area contributed by atoms with Gasteiger partial charge in [0.1, 0.15) is 0 Å². The highest BCUT2D eigenvalue weighted by atomic mass is 16.5. The smallest absolute Gasteiger partial charge is 0.407 e. The first-order valence-electron chi connectivity index (χ1n) is 14.6. The van der Waals surface area contributed by atoms with Crippen LogP contribution in [0.5, 0.6) is 0 Å². The van der Waals surface area contributed by atoms with Crippen molar-refractivity contribution in [2.24, 2.45) is 5.92 Å². The Morgan fingerprint density at radius 2 is 1.18 bits per heavy atom. The molecule has 0 saturated heterocycles. The van der Waals surface area contributed by atoms with E-state index < -0.39 is 6.09 Å². The fraction of sp³-hybridized carbons (Fsp3) is 0.931. The van der Waals surface area contributed by atoms with Gasteiger partial charge >= 0.3 is 12.1 Å². The lowest BCUT2D eigenvalue weighted by molar-refractivity contribution is -0.144. The molecule has 0 aromatic heterocycles. The van der Waals surface area contributed by atoms with E-state index in [2.05, 4.69) is 26.1 Å². The Morgan fingerprint density at radius 1 is 0.676 bits per heavy atom. The molecule has 202 valence electrons. The van der Waals surface area contributed by atoms with E-state index in [1.807, 2.05) is 6.92 Å². The molecule has 2 unspecified atom stereocenters. The lowest BCUT2D eigenvalue weighted by Gasteiger charge is -2.17. The van der Waals surface area contributed by atoms with Crippen LogP contribution in [0.25, 0.3) is 0 Å². The molecule has 1 amide bonds. The molecule has 0 radical (unpaired) electrons. The third-order valence-corrected chi connectivity index (χ3v) is 6.59. The fourth-order valence-electron chi connectivity index (χ4n) is 4.18. The van der Waals surface area contributed by atoms with Crippen molar-refractivity contribution >= 4 is 12.1 Å². The molecule has 0 aliphatic heterocycles. The molecule has 0 aromatic carbocycles. The van der Waals surface area contributed by atoms with E-state index in [0.717, 1.165) is 38.5 Å². The largest absolute Gasteiger partial charge is 0.466 e. The Hall–Kier alpha value is -1.26. The number of carbonyl (C=O) groups excluding carboxylic acids is 2. The molecule has 0 heterocycles. The van der Waals surface area contributed by atoms with Gasteiger partial charge in [-0.1, -0.05) is 124 Å². The van der Waals surface area contributed by atoms with Crippen molar-refractivity contribution in [2.75, 3.05) is 13.2 Å². The highest BCUT2D eigenvalue weighted by Crippen LogP contribution is 2.14. The molecule has 1 N–H and O–H groups in total. The Bertz CT molecular complexity index is 469. The van der Waals surface area contributed by atoms with E-state index in [9.17, 15) is 9.59 Å². The van der Waals surface area contributed by atoms with E-state index in [4.69, 9.17) is 9.47 Å². The molecule has 0 rings (SSSR count). The summed E-state index contributed by atoms with van der Waals surface area (Å²) >= 11 is 0. The first kappa shape index (κ1) is 32.7. The second-order valence-electron chi connectivity index (χ2n) is 10.1. The third-order valence-electron chi connectivity index (χ3n) is 6.59. The normalized spacial score (nSPS) is 12.8. The van der Waals surface area contributed by atoms with Crippen LogP contribution in [0, 0.1) is 5.92 Å². The third kappa shape index (κ3) is 22.5. The topological polar surface area (TPSA) is 64.6 Å². The van der Waals surface area contributed by atoms with Crippen molar-refractivity contribution in [3.8, 4) is 0 Å². The molecule has 0 saturated carbocycles. The highest BCUT2D eigenvalue weighted by molar-refractivity contribution is 5.72. The minimum absolute atomic E-state index is 0.181. The summed E-state index contributed by atoms with van der Waals surface area (Å²) in [7, 11) is 0. The van der Waals surface area contributed by atoms with Gasteiger partial charge in [-0.25, -0.2) is 4.79 Å². The van der Waals surface area contributed by atoms with Crippen LogP contribution in [0.1, 0.15) is 150 Å². The molecule has 0 fully saturated rings.